The number of halogens is 3. The van der Waals surface area contributed by atoms with E-state index in [-0.39, 0.29) is 24.0 Å². The van der Waals surface area contributed by atoms with Gasteiger partial charge in [-0.2, -0.15) is 18.2 Å². The molecular formula is C16H18F3N5O3S. The molecule has 28 heavy (non-hydrogen) atoms. The fourth-order valence-corrected chi connectivity index (χ4v) is 4.19. The molecule has 5 heterocycles. The van der Waals surface area contributed by atoms with Gasteiger partial charge in [-0.1, -0.05) is 16.5 Å². The molecule has 2 aromatic rings. The highest BCUT2D eigenvalue weighted by molar-refractivity contribution is 7.18. The zero-order chi connectivity index (χ0) is 20.3. The van der Waals surface area contributed by atoms with Crippen LogP contribution in [0.3, 0.4) is 0 Å². The van der Waals surface area contributed by atoms with Crippen LogP contribution in [0.2, 0.25) is 0 Å². The second-order valence-electron chi connectivity index (χ2n) is 7.76. The van der Waals surface area contributed by atoms with Crippen LogP contribution < -0.4 is 4.90 Å². The van der Waals surface area contributed by atoms with Crippen molar-refractivity contribution in [2.24, 2.45) is 0 Å². The number of nitrogens with zero attached hydrogens (tertiary/aromatic N) is 5. The molecule has 0 saturated carbocycles. The van der Waals surface area contributed by atoms with Gasteiger partial charge in [-0.15, -0.1) is 0 Å². The average Bonchev–Trinajstić information content (AvgIpc) is 3.22. The minimum absolute atomic E-state index is 0.0305. The van der Waals surface area contributed by atoms with Crippen LogP contribution >= 0.6 is 11.3 Å². The Morgan fingerprint density at radius 1 is 1.29 bits per heavy atom. The molecule has 0 radical (unpaired) electrons. The van der Waals surface area contributed by atoms with Crippen LogP contribution in [0, 0.1) is 0 Å². The van der Waals surface area contributed by atoms with Crippen LogP contribution in [-0.2, 0) is 10.9 Å². The zero-order valence-corrected chi connectivity index (χ0v) is 16.2. The Morgan fingerprint density at radius 2 is 1.96 bits per heavy atom. The third-order valence-corrected chi connectivity index (χ3v) is 5.50. The van der Waals surface area contributed by atoms with E-state index < -0.39 is 17.7 Å². The fourth-order valence-electron chi connectivity index (χ4n) is 3.33. The zero-order valence-electron chi connectivity index (χ0n) is 15.4. The first-order chi connectivity index (χ1) is 13.0. The van der Waals surface area contributed by atoms with Crippen molar-refractivity contribution >= 4 is 22.6 Å². The first-order valence-corrected chi connectivity index (χ1v) is 9.46. The molecule has 0 N–H and O–H groups in total. The molecule has 3 fully saturated rings. The standard InChI is InChI=1S/C16H18F3N5O3S/c1-15(2,3)26-14(25)24-8-4-9(24)7-23(6-8)13-20-5-10(28-13)11-21-12(27-22-11)16(17,18)19/h5,8-9H,4,6-7H2,1-3H3. The summed E-state index contributed by atoms with van der Waals surface area (Å²) in [4.78, 5) is 24.1. The number of thiazole rings is 1. The first kappa shape index (κ1) is 19.0. The van der Waals surface area contributed by atoms with Crippen molar-refractivity contribution < 1.29 is 27.2 Å². The van der Waals surface area contributed by atoms with Gasteiger partial charge in [0, 0.05) is 13.1 Å². The Labute approximate surface area is 162 Å². The largest absolute Gasteiger partial charge is 0.471 e. The Hall–Kier alpha value is -2.37. The summed E-state index contributed by atoms with van der Waals surface area (Å²) in [6.07, 6.45) is -2.68. The van der Waals surface area contributed by atoms with Crippen molar-refractivity contribution in [3.8, 4) is 10.7 Å². The number of aromatic nitrogens is 3. The molecule has 3 saturated heterocycles. The van der Waals surface area contributed by atoms with Crippen LogP contribution in [0.1, 0.15) is 33.1 Å². The van der Waals surface area contributed by atoms with Crippen LogP contribution in [0.4, 0.5) is 23.1 Å². The van der Waals surface area contributed by atoms with E-state index in [9.17, 15) is 18.0 Å². The number of hydrogen-bond donors (Lipinski definition) is 0. The highest BCUT2D eigenvalue weighted by Crippen LogP contribution is 2.38. The molecule has 2 bridgehead atoms. The Kier molecular flexibility index (Phi) is 4.28. The van der Waals surface area contributed by atoms with E-state index in [2.05, 4.69) is 19.6 Å². The summed E-state index contributed by atoms with van der Waals surface area (Å²) < 4.78 is 47.5. The van der Waals surface area contributed by atoms with Gasteiger partial charge < -0.3 is 14.2 Å². The van der Waals surface area contributed by atoms with E-state index in [1.165, 1.54) is 17.5 Å². The molecule has 3 aliphatic heterocycles. The number of anilines is 1. The lowest BCUT2D eigenvalue weighted by atomic mass is 9.88. The van der Waals surface area contributed by atoms with Gasteiger partial charge in [-0.3, -0.25) is 4.90 Å². The summed E-state index contributed by atoms with van der Waals surface area (Å²) >= 11 is 1.19. The lowest BCUT2D eigenvalue weighted by molar-refractivity contribution is -0.159. The monoisotopic (exact) mass is 417 g/mol. The number of carbonyl (C=O) groups excluding carboxylic acids is 1. The molecule has 2 unspecified atom stereocenters. The van der Waals surface area contributed by atoms with E-state index in [4.69, 9.17) is 4.74 Å². The Morgan fingerprint density at radius 3 is 2.54 bits per heavy atom. The van der Waals surface area contributed by atoms with E-state index in [0.29, 0.717) is 23.1 Å². The molecule has 1 amide bonds. The lowest BCUT2D eigenvalue weighted by Crippen LogP contribution is -2.70. The number of ether oxygens (including phenoxy) is 1. The maximum atomic E-state index is 12.6. The smallest absolute Gasteiger partial charge is 0.444 e. The first-order valence-electron chi connectivity index (χ1n) is 8.64. The second kappa shape index (κ2) is 6.33. The molecular weight excluding hydrogens is 399 g/mol. The van der Waals surface area contributed by atoms with Crippen LogP contribution in [0.15, 0.2) is 10.7 Å². The minimum atomic E-state index is -4.68. The number of piperidine rings is 1. The summed E-state index contributed by atoms with van der Waals surface area (Å²) in [5.74, 6) is -1.53. The van der Waals surface area contributed by atoms with Crippen molar-refractivity contribution in [1.29, 1.82) is 0 Å². The molecule has 0 aromatic carbocycles. The number of hydrogen-bond acceptors (Lipinski definition) is 8. The lowest BCUT2D eigenvalue weighted by Gasteiger charge is -2.55. The Balaban J connectivity index is 1.43. The van der Waals surface area contributed by atoms with E-state index in [1.807, 2.05) is 25.7 Å². The molecule has 8 nitrogen and oxygen atoms in total. The molecule has 5 rings (SSSR count). The van der Waals surface area contributed by atoms with Gasteiger partial charge in [0.05, 0.1) is 23.2 Å². The van der Waals surface area contributed by atoms with Crippen molar-refractivity contribution in [3.05, 3.63) is 12.1 Å². The van der Waals surface area contributed by atoms with Gasteiger partial charge in [-0.25, -0.2) is 9.78 Å². The van der Waals surface area contributed by atoms with Gasteiger partial charge in [0.25, 0.3) is 0 Å². The third-order valence-electron chi connectivity index (χ3n) is 4.45. The normalized spacial score (nSPS) is 22.2. The maximum absolute atomic E-state index is 12.6. The number of rotatable bonds is 2. The SMILES string of the molecule is CC(C)(C)OC(=O)N1C2CC1CN(c1ncc(-c3noc(C(F)(F)F)n3)s1)C2. The van der Waals surface area contributed by atoms with Crippen molar-refractivity contribution in [1.82, 2.24) is 20.0 Å². The van der Waals surface area contributed by atoms with Gasteiger partial charge in [0.15, 0.2) is 5.13 Å². The molecule has 152 valence electrons. The number of alkyl halides is 3. The topological polar surface area (TPSA) is 84.6 Å². The second-order valence-corrected chi connectivity index (χ2v) is 8.77. The van der Waals surface area contributed by atoms with E-state index in [0.717, 1.165) is 6.42 Å². The fraction of sp³-hybridized carbons (Fsp3) is 0.625. The predicted molar refractivity (Wildman–Crippen MR) is 92.9 cm³/mol. The van der Waals surface area contributed by atoms with E-state index >= 15 is 0 Å². The molecule has 0 aliphatic carbocycles. The summed E-state index contributed by atoms with van der Waals surface area (Å²) in [6.45, 7) is 6.65. The van der Waals surface area contributed by atoms with Gasteiger partial charge >= 0.3 is 18.2 Å². The summed E-state index contributed by atoms with van der Waals surface area (Å²) in [6, 6.07) is 0.0610. The van der Waals surface area contributed by atoms with Crippen molar-refractivity contribution in [3.63, 3.8) is 0 Å². The summed E-state index contributed by atoms with van der Waals surface area (Å²) in [5.41, 5.74) is -0.551. The molecule has 0 spiro atoms. The maximum Gasteiger partial charge on any atom is 0.471 e. The van der Waals surface area contributed by atoms with Gasteiger partial charge in [-0.05, 0) is 27.2 Å². The van der Waals surface area contributed by atoms with Crippen LogP contribution in [0.25, 0.3) is 10.7 Å². The van der Waals surface area contributed by atoms with Crippen molar-refractivity contribution in [2.75, 3.05) is 18.0 Å². The van der Waals surface area contributed by atoms with Crippen molar-refractivity contribution in [2.45, 2.75) is 51.1 Å². The van der Waals surface area contributed by atoms with E-state index in [1.54, 1.807) is 4.90 Å². The highest BCUT2D eigenvalue weighted by atomic mass is 32.1. The highest BCUT2D eigenvalue weighted by Gasteiger charge is 2.49. The number of carbonyl (C=O) groups is 1. The number of amides is 1. The molecule has 12 heteroatoms. The number of piperazine rings is 1. The van der Waals surface area contributed by atoms with Crippen LogP contribution in [-0.4, -0.2) is 56.9 Å². The predicted octanol–water partition coefficient (Wildman–Crippen LogP) is 3.41. The minimum Gasteiger partial charge on any atom is -0.444 e. The molecule has 2 aromatic heterocycles. The van der Waals surface area contributed by atoms with Gasteiger partial charge in [0.1, 0.15) is 5.60 Å². The van der Waals surface area contributed by atoms with Gasteiger partial charge in [0.2, 0.25) is 5.82 Å². The summed E-state index contributed by atoms with van der Waals surface area (Å²) in [7, 11) is 0. The van der Waals surface area contributed by atoms with Crippen LogP contribution in [0.5, 0.6) is 0 Å². The Bertz CT molecular complexity index is 879. The molecule has 3 aliphatic rings. The third kappa shape index (κ3) is 3.52. The molecule has 2 atom stereocenters. The quantitative estimate of drug-likeness (QED) is 0.740. The summed E-state index contributed by atoms with van der Waals surface area (Å²) in [5, 5.41) is 4.03. The average molecular weight is 417 g/mol. The number of fused-ring (bicyclic) bond motifs is 2.